The number of carbonyl (C=O) groups is 3. The molecule has 2 rings (SSSR count). The molecule has 30 heavy (non-hydrogen) atoms. The van der Waals surface area contributed by atoms with Crippen molar-refractivity contribution in [3.63, 3.8) is 0 Å². The minimum Gasteiger partial charge on any atom is -0.357 e. The molecule has 3 amide bonds. The van der Waals surface area contributed by atoms with E-state index in [1.807, 2.05) is 0 Å². The summed E-state index contributed by atoms with van der Waals surface area (Å²) in [6.45, 7) is -0.485. The van der Waals surface area contributed by atoms with Crippen LogP contribution < -0.4 is 16.0 Å². The van der Waals surface area contributed by atoms with E-state index in [4.69, 9.17) is 0 Å². The van der Waals surface area contributed by atoms with Crippen LogP contribution in [0.2, 0.25) is 0 Å². The average Bonchev–Trinajstić information content (AvgIpc) is 2.69. The number of alkyl halides is 3. The third kappa shape index (κ3) is 5.52. The zero-order valence-corrected chi connectivity index (χ0v) is 15.4. The normalized spacial score (nSPS) is 12.1. The number of benzene rings is 2. The van der Waals surface area contributed by atoms with Crippen molar-refractivity contribution >= 4 is 17.7 Å². The van der Waals surface area contributed by atoms with Crippen LogP contribution >= 0.6 is 0 Å². The Morgan fingerprint density at radius 2 is 1.57 bits per heavy atom. The maximum Gasteiger partial charge on any atom is 0.416 e. The van der Waals surface area contributed by atoms with Gasteiger partial charge in [-0.2, -0.15) is 13.2 Å². The molecule has 0 spiro atoms. The number of carbonyl (C=O) groups excluding carboxylic acids is 3. The van der Waals surface area contributed by atoms with E-state index >= 15 is 0 Å². The van der Waals surface area contributed by atoms with Gasteiger partial charge < -0.3 is 16.0 Å². The quantitative estimate of drug-likeness (QED) is 0.616. The highest BCUT2D eigenvalue weighted by Gasteiger charge is 2.32. The summed E-state index contributed by atoms with van der Waals surface area (Å²) in [4.78, 5) is 36.3. The fourth-order valence-corrected chi connectivity index (χ4v) is 2.43. The lowest BCUT2D eigenvalue weighted by molar-refractivity contribution is -0.137. The molecule has 160 valence electrons. The predicted octanol–water partition coefficient (Wildman–Crippen LogP) is 2.26. The van der Waals surface area contributed by atoms with E-state index in [1.165, 1.54) is 25.2 Å². The third-order valence-corrected chi connectivity index (χ3v) is 3.99. The monoisotopic (exact) mass is 429 g/mol. The van der Waals surface area contributed by atoms with Crippen molar-refractivity contribution in [1.82, 2.24) is 16.0 Å². The summed E-state index contributed by atoms with van der Waals surface area (Å²) in [5, 5.41) is 6.60. The molecule has 0 radical (unpaired) electrons. The number of hydrogen-bond acceptors (Lipinski definition) is 3. The zero-order valence-electron chi connectivity index (χ0n) is 15.4. The van der Waals surface area contributed by atoms with Gasteiger partial charge in [-0.3, -0.25) is 14.4 Å². The molecule has 0 aliphatic heterocycles. The molecule has 1 unspecified atom stereocenters. The van der Waals surface area contributed by atoms with Crippen molar-refractivity contribution in [2.24, 2.45) is 0 Å². The molecule has 3 N–H and O–H groups in total. The Bertz CT molecular complexity index is 963. The summed E-state index contributed by atoms with van der Waals surface area (Å²) in [5.41, 5.74) is -2.30. The predicted molar refractivity (Wildman–Crippen MR) is 95.5 cm³/mol. The van der Waals surface area contributed by atoms with Crippen LogP contribution in [0.5, 0.6) is 0 Å². The van der Waals surface area contributed by atoms with E-state index in [0.29, 0.717) is 12.1 Å². The van der Waals surface area contributed by atoms with E-state index in [-0.39, 0.29) is 11.6 Å². The van der Waals surface area contributed by atoms with E-state index in [2.05, 4.69) is 16.0 Å². The lowest BCUT2D eigenvalue weighted by Gasteiger charge is -2.18. The Balaban J connectivity index is 2.13. The smallest absolute Gasteiger partial charge is 0.357 e. The maximum atomic E-state index is 14.0. The molecule has 0 fully saturated rings. The first-order valence-electron chi connectivity index (χ1n) is 8.46. The van der Waals surface area contributed by atoms with Gasteiger partial charge in [0.15, 0.2) is 0 Å². The van der Waals surface area contributed by atoms with Crippen LogP contribution in [-0.2, 0) is 11.0 Å². The highest BCUT2D eigenvalue weighted by molar-refractivity contribution is 5.98. The largest absolute Gasteiger partial charge is 0.416 e. The van der Waals surface area contributed by atoms with Crippen LogP contribution in [0.3, 0.4) is 0 Å². The highest BCUT2D eigenvalue weighted by atomic mass is 19.4. The van der Waals surface area contributed by atoms with Crippen LogP contribution in [0, 0.1) is 11.6 Å². The number of rotatable bonds is 6. The molecule has 6 nitrogen and oxygen atoms in total. The van der Waals surface area contributed by atoms with Crippen LogP contribution in [0.4, 0.5) is 22.0 Å². The SMILES string of the molecule is CNC(=O)C(CNC(=O)c1ccccc1F)NC(=O)c1ccc(C(F)(F)F)cc1F. The lowest BCUT2D eigenvalue weighted by atomic mass is 10.1. The molecule has 0 heterocycles. The van der Waals surface area contributed by atoms with Gasteiger partial charge >= 0.3 is 6.18 Å². The summed E-state index contributed by atoms with van der Waals surface area (Å²) in [5.74, 6) is -5.05. The summed E-state index contributed by atoms with van der Waals surface area (Å²) in [7, 11) is 1.24. The Kier molecular flexibility index (Phi) is 7.09. The molecule has 2 aromatic carbocycles. The van der Waals surface area contributed by atoms with Crippen LogP contribution in [0.25, 0.3) is 0 Å². The van der Waals surface area contributed by atoms with Gasteiger partial charge in [0.2, 0.25) is 5.91 Å². The van der Waals surface area contributed by atoms with Gasteiger partial charge in [0.1, 0.15) is 17.7 Å². The second-order valence-corrected chi connectivity index (χ2v) is 6.02. The summed E-state index contributed by atoms with van der Waals surface area (Å²) in [6, 6.07) is 4.96. The molecular weight excluding hydrogens is 413 g/mol. The minimum atomic E-state index is -4.79. The molecule has 0 bridgehead atoms. The fraction of sp³-hybridized carbons (Fsp3) is 0.211. The van der Waals surface area contributed by atoms with Gasteiger partial charge in [-0.1, -0.05) is 12.1 Å². The first-order valence-corrected chi connectivity index (χ1v) is 8.46. The topological polar surface area (TPSA) is 87.3 Å². The van der Waals surface area contributed by atoms with Crippen molar-refractivity contribution < 1.29 is 36.3 Å². The number of halogens is 5. The van der Waals surface area contributed by atoms with Gasteiger partial charge in [-0.05, 0) is 30.3 Å². The molecule has 0 saturated heterocycles. The second kappa shape index (κ2) is 9.33. The lowest BCUT2D eigenvalue weighted by Crippen LogP contribution is -2.52. The fourth-order valence-electron chi connectivity index (χ4n) is 2.43. The Labute approximate surface area is 167 Å². The molecular formula is C19H16F5N3O3. The maximum absolute atomic E-state index is 14.0. The second-order valence-electron chi connectivity index (χ2n) is 6.02. The molecule has 0 aromatic heterocycles. The average molecular weight is 429 g/mol. The number of likely N-dealkylation sites (N-methyl/N-ethyl adjacent to an activating group) is 1. The van der Waals surface area contributed by atoms with E-state index in [1.54, 1.807) is 0 Å². The van der Waals surface area contributed by atoms with E-state index in [9.17, 15) is 36.3 Å². The van der Waals surface area contributed by atoms with Crippen molar-refractivity contribution in [3.8, 4) is 0 Å². The third-order valence-electron chi connectivity index (χ3n) is 3.99. The van der Waals surface area contributed by atoms with Crippen molar-refractivity contribution in [2.75, 3.05) is 13.6 Å². The zero-order chi connectivity index (χ0) is 22.5. The number of nitrogens with one attached hydrogen (secondary N) is 3. The molecule has 11 heteroatoms. The molecule has 0 aliphatic rings. The Morgan fingerprint density at radius 1 is 0.933 bits per heavy atom. The first kappa shape index (κ1) is 22.8. The van der Waals surface area contributed by atoms with Gasteiger partial charge in [-0.15, -0.1) is 0 Å². The number of hydrogen-bond donors (Lipinski definition) is 3. The van der Waals surface area contributed by atoms with Crippen LogP contribution in [0.15, 0.2) is 42.5 Å². The minimum absolute atomic E-state index is 0.157. The highest BCUT2D eigenvalue weighted by Crippen LogP contribution is 2.30. The van der Waals surface area contributed by atoms with E-state index in [0.717, 1.165) is 6.07 Å². The van der Waals surface area contributed by atoms with Crippen molar-refractivity contribution in [1.29, 1.82) is 0 Å². The molecule has 0 aliphatic carbocycles. The summed E-state index contributed by atoms with van der Waals surface area (Å²) < 4.78 is 65.5. The first-order chi connectivity index (χ1) is 14.0. The van der Waals surface area contributed by atoms with Crippen LogP contribution in [0.1, 0.15) is 26.3 Å². The van der Waals surface area contributed by atoms with Gasteiger partial charge in [0.25, 0.3) is 11.8 Å². The van der Waals surface area contributed by atoms with Gasteiger partial charge in [-0.25, -0.2) is 8.78 Å². The Hall–Kier alpha value is -3.50. The van der Waals surface area contributed by atoms with Crippen molar-refractivity contribution in [2.45, 2.75) is 12.2 Å². The molecule has 2 aromatic rings. The van der Waals surface area contributed by atoms with Gasteiger partial charge in [0.05, 0.1) is 16.7 Å². The van der Waals surface area contributed by atoms with Crippen LogP contribution in [-0.4, -0.2) is 37.4 Å². The molecule has 0 saturated carbocycles. The van der Waals surface area contributed by atoms with Crippen molar-refractivity contribution in [3.05, 3.63) is 70.8 Å². The Morgan fingerprint density at radius 3 is 2.13 bits per heavy atom. The summed E-state index contributed by atoms with van der Waals surface area (Å²) in [6.07, 6.45) is -4.79. The molecule has 1 atom stereocenters. The summed E-state index contributed by atoms with van der Waals surface area (Å²) >= 11 is 0. The van der Waals surface area contributed by atoms with E-state index < -0.39 is 59.2 Å². The van der Waals surface area contributed by atoms with Gasteiger partial charge in [0, 0.05) is 13.6 Å². The standard InChI is InChI=1S/C19H16F5N3O3/c1-25-18(30)15(9-26-16(28)11-4-2-3-5-13(11)20)27-17(29)12-7-6-10(8-14(12)21)19(22,23)24/h2-8,15H,9H2,1H3,(H,25,30)(H,26,28)(H,27,29). The number of amides is 3.